The number of amides is 1. The summed E-state index contributed by atoms with van der Waals surface area (Å²) < 4.78 is 12.8. The fourth-order valence-electron chi connectivity index (χ4n) is 1.90. The zero-order valence-electron chi connectivity index (χ0n) is 12.4. The van der Waals surface area contributed by atoms with E-state index in [1.807, 2.05) is 0 Å². The molecule has 0 aromatic heterocycles. The van der Waals surface area contributed by atoms with E-state index in [1.165, 1.54) is 19.1 Å². The van der Waals surface area contributed by atoms with Crippen LogP contribution < -0.4 is 10.6 Å². The van der Waals surface area contributed by atoms with Crippen LogP contribution in [0.1, 0.15) is 24.2 Å². The van der Waals surface area contributed by atoms with Crippen molar-refractivity contribution >= 4 is 23.1 Å². The third kappa shape index (κ3) is 4.15. The Morgan fingerprint density at radius 3 is 2.05 bits per heavy atom. The maximum Gasteiger partial charge on any atom is 0.246 e. The quantitative estimate of drug-likeness (QED) is 0.831. The highest BCUT2D eigenvalue weighted by molar-refractivity contribution is 5.97. The Kier molecular flexibility index (Phi) is 4.88. The summed E-state index contributed by atoms with van der Waals surface area (Å²) in [6.45, 7) is 3.20. The molecule has 0 aliphatic rings. The van der Waals surface area contributed by atoms with Crippen LogP contribution in [0.3, 0.4) is 0 Å². The fraction of sp³-hybridized carbons (Fsp3) is 0.176. The van der Waals surface area contributed by atoms with Crippen molar-refractivity contribution < 1.29 is 14.0 Å². The Hall–Kier alpha value is -2.69. The van der Waals surface area contributed by atoms with Crippen LogP contribution in [-0.4, -0.2) is 17.7 Å². The molecular formula is C17H17FN2O2. The fourth-order valence-corrected chi connectivity index (χ4v) is 1.90. The lowest BCUT2D eigenvalue weighted by molar-refractivity contribution is -0.116. The summed E-state index contributed by atoms with van der Waals surface area (Å²) in [5, 5.41) is 5.74. The van der Waals surface area contributed by atoms with Crippen LogP contribution in [0.2, 0.25) is 0 Å². The predicted octanol–water partition coefficient (Wildman–Crippen LogP) is 3.47. The maximum absolute atomic E-state index is 12.8. The van der Waals surface area contributed by atoms with E-state index in [9.17, 15) is 14.0 Å². The Bertz CT molecular complexity index is 666. The van der Waals surface area contributed by atoms with E-state index in [4.69, 9.17) is 0 Å². The van der Waals surface area contributed by atoms with Crippen LogP contribution in [0.25, 0.3) is 0 Å². The number of carbonyl (C=O) groups is 2. The molecule has 1 amide bonds. The van der Waals surface area contributed by atoms with Gasteiger partial charge in [0.15, 0.2) is 5.78 Å². The summed E-state index contributed by atoms with van der Waals surface area (Å²) in [6, 6.07) is 12.0. The number of Topliss-reactive ketones (excluding diaryl/α,β-unsaturated/α-hetero) is 1. The summed E-state index contributed by atoms with van der Waals surface area (Å²) in [7, 11) is 0. The Labute approximate surface area is 128 Å². The molecule has 4 nitrogen and oxygen atoms in total. The number of anilines is 2. The van der Waals surface area contributed by atoms with Crippen molar-refractivity contribution in [3.8, 4) is 0 Å². The largest absolute Gasteiger partial charge is 0.374 e. The molecule has 0 heterocycles. The van der Waals surface area contributed by atoms with E-state index in [0.717, 1.165) is 0 Å². The minimum atomic E-state index is -0.488. The average Bonchev–Trinajstić information content (AvgIpc) is 2.50. The van der Waals surface area contributed by atoms with E-state index in [-0.39, 0.29) is 17.5 Å². The number of carbonyl (C=O) groups excluding carboxylic acids is 2. The van der Waals surface area contributed by atoms with Crippen LogP contribution in [0.15, 0.2) is 48.5 Å². The third-order valence-corrected chi connectivity index (χ3v) is 3.18. The van der Waals surface area contributed by atoms with Gasteiger partial charge < -0.3 is 10.6 Å². The van der Waals surface area contributed by atoms with Crippen LogP contribution in [0.5, 0.6) is 0 Å². The average molecular weight is 300 g/mol. The SMILES string of the molecule is CC(=O)c1ccc(NC(=O)[C@@H](C)Nc2ccc(F)cc2)cc1. The molecule has 0 saturated heterocycles. The van der Waals surface area contributed by atoms with E-state index < -0.39 is 6.04 Å². The molecule has 2 aromatic rings. The molecule has 0 saturated carbocycles. The molecule has 5 heteroatoms. The summed E-state index contributed by atoms with van der Waals surface area (Å²) in [6.07, 6.45) is 0. The first-order valence-corrected chi connectivity index (χ1v) is 6.89. The highest BCUT2D eigenvalue weighted by Crippen LogP contribution is 2.13. The van der Waals surface area contributed by atoms with Crippen molar-refractivity contribution in [2.45, 2.75) is 19.9 Å². The second-order valence-electron chi connectivity index (χ2n) is 5.00. The highest BCUT2D eigenvalue weighted by Gasteiger charge is 2.13. The van der Waals surface area contributed by atoms with Crippen molar-refractivity contribution in [2.24, 2.45) is 0 Å². The standard InChI is InChI=1S/C17H17FN2O2/c1-11(19-15-9-5-14(18)6-10-15)17(22)20-16-7-3-13(4-8-16)12(2)21/h3-11,19H,1-2H3,(H,20,22)/t11-/m1/s1. The highest BCUT2D eigenvalue weighted by atomic mass is 19.1. The Morgan fingerprint density at radius 2 is 1.50 bits per heavy atom. The van der Waals surface area contributed by atoms with Crippen molar-refractivity contribution in [3.63, 3.8) is 0 Å². The monoisotopic (exact) mass is 300 g/mol. The lowest BCUT2D eigenvalue weighted by Crippen LogP contribution is -2.31. The maximum atomic E-state index is 12.8. The minimum absolute atomic E-state index is 0.0239. The predicted molar refractivity (Wildman–Crippen MR) is 84.6 cm³/mol. The van der Waals surface area contributed by atoms with Crippen molar-refractivity contribution in [2.75, 3.05) is 10.6 Å². The summed E-state index contributed by atoms with van der Waals surface area (Å²) in [5.74, 6) is -0.572. The number of hydrogen-bond donors (Lipinski definition) is 2. The normalized spacial score (nSPS) is 11.6. The Morgan fingerprint density at radius 1 is 0.955 bits per heavy atom. The van der Waals surface area contributed by atoms with Gasteiger partial charge in [0.2, 0.25) is 5.91 Å². The van der Waals surface area contributed by atoms with Crippen molar-refractivity contribution in [3.05, 3.63) is 59.9 Å². The zero-order chi connectivity index (χ0) is 16.1. The molecule has 22 heavy (non-hydrogen) atoms. The van der Waals surface area contributed by atoms with Crippen molar-refractivity contribution in [1.82, 2.24) is 0 Å². The van der Waals surface area contributed by atoms with Gasteiger partial charge in [0, 0.05) is 16.9 Å². The smallest absolute Gasteiger partial charge is 0.246 e. The molecule has 0 bridgehead atoms. The van der Waals surface area contributed by atoms with E-state index in [2.05, 4.69) is 10.6 Å². The van der Waals surface area contributed by atoms with Gasteiger partial charge in [0.05, 0.1) is 0 Å². The molecule has 0 unspecified atom stereocenters. The number of rotatable bonds is 5. The van der Waals surface area contributed by atoms with Gasteiger partial charge in [0.25, 0.3) is 0 Å². The summed E-state index contributed by atoms with van der Waals surface area (Å²) >= 11 is 0. The molecule has 2 rings (SSSR count). The van der Waals surface area contributed by atoms with Crippen LogP contribution >= 0.6 is 0 Å². The lowest BCUT2D eigenvalue weighted by Gasteiger charge is -2.15. The molecule has 2 aromatic carbocycles. The van der Waals surface area contributed by atoms with Gasteiger partial charge in [-0.05, 0) is 62.4 Å². The molecule has 0 spiro atoms. The van der Waals surface area contributed by atoms with Gasteiger partial charge in [-0.25, -0.2) is 4.39 Å². The Balaban J connectivity index is 1.95. The third-order valence-electron chi connectivity index (χ3n) is 3.18. The number of nitrogens with one attached hydrogen (secondary N) is 2. The molecule has 1 atom stereocenters. The lowest BCUT2D eigenvalue weighted by atomic mass is 10.1. The number of ketones is 1. The second-order valence-corrected chi connectivity index (χ2v) is 5.00. The molecule has 0 fully saturated rings. The molecule has 0 aliphatic heterocycles. The molecule has 114 valence electrons. The topological polar surface area (TPSA) is 58.2 Å². The van der Waals surface area contributed by atoms with Gasteiger partial charge in [-0.1, -0.05) is 0 Å². The van der Waals surface area contributed by atoms with Gasteiger partial charge >= 0.3 is 0 Å². The second kappa shape index (κ2) is 6.85. The number of hydrogen-bond acceptors (Lipinski definition) is 3. The van der Waals surface area contributed by atoms with Crippen LogP contribution in [0.4, 0.5) is 15.8 Å². The number of halogens is 1. The van der Waals surface area contributed by atoms with E-state index in [0.29, 0.717) is 16.9 Å². The first kappa shape index (κ1) is 15.7. The van der Waals surface area contributed by atoms with Gasteiger partial charge in [-0.2, -0.15) is 0 Å². The first-order valence-electron chi connectivity index (χ1n) is 6.89. The molecule has 0 aliphatic carbocycles. The zero-order valence-corrected chi connectivity index (χ0v) is 12.4. The van der Waals surface area contributed by atoms with Crippen LogP contribution in [0, 0.1) is 5.82 Å². The van der Waals surface area contributed by atoms with E-state index in [1.54, 1.807) is 43.3 Å². The van der Waals surface area contributed by atoms with Gasteiger partial charge in [0.1, 0.15) is 11.9 Å². The summed E-state index contributed by atoms with van der Waals surface area (Å²) in [5.41, 5.74) is 1.87. The van der Waals surface area contributed by atoms with E-state index >= 15 is 0 Å². The minimum Gasteiger partial charge on any atom is -0.374 e. The first-order chi connectivity index (χ1) is 10.5. The number of benzene rings is 2. The molecule has 0 radical (unpaired) electrons. The summed E-state index contributed by atoms with van der Waals surface area (Å²) in [4.78, 5) is 23.3. The van der Waals surface area contributed by atoms with Crippen molar-refractivity contribution in [1.29, 1.82) is 0 Å². The van der Waals surface area contributed by atoms with Crippen LogP contribution in [-0.2, 0) is 4.79 Å². The van der Waals surface area contributed by atoms with Gasteiger partial charge in [-0.15, -0.1) is 0 Å². The van der Waals surface area contributed by atoms with Gasteiger partial charge in [-0.3, -0.25) is 9.59 Å². The molecular weight excluding hydrogens is 283 g/mol. The molecule has 2 N–H and O–H groups in total.